The molecule has 1 aliphatic heterocycles. The molecule has 1 aliphatic rings. The van der Waals surface area contributed by atoms with Crippen molar-refractivity contribution in [2.45, 2.75) is 32.5 Å². The number of para-hydroxylation sites is 6. The van der Waals surface area contributed by atoms with Crippen molar-refractivity contribution < 1.29 is 29.6 Å². The van der Waals surface area contributed by atoms with Crippen LogP contribution in [0.1, 0.15) is 20.3 Å². The summed E-state index contributed by atoms with van der Waals surface area (Å²) in [4.78, 5) is 9.83. The molecule has 2 N–H and O–H groups in total. The van der Waals surface area contributed by atoms with E-state index in [9.17, 15) is 0 Å². The zero-order chi connectivity index (χ0) is 35.6. The zero-order valence-corrected chi connectivity index (χ0v) is 31.0. The van der Waals surface area contributed by atoms with Crippen molar-refractivity contribution in [2.24, 2.45) is 0 Å². The Hall–Kier alpha value is -4.87. The van der Waals surface area contributed by atoms with Gasteiger partial charge in [0, 0.05) is 0 Å². The van der Waals surface area contributed by atoms with Crippen molar-refractivity contribution in [3.63, 3.8) is 0 Å². The van der Waals surface area contributed by atoms with Gasteiger partial charge < -0.3 is 10.2 Å². The molecule has 0 bridgehead atoms. The predicted octanol–water partition coefficient (Wildman–Crippen LogP) is 8.32. The Morgan fingerprint density at radius 3 is 1.22 bits per heavy atom. The molecule has 6 aromatic rings. The van der Waals surface area contributed by atoms with E-state index < -0.39 is 0 Å². The van der Waals surface area contributed by atoms with Crippen LogP contribution in [-0.2, 0) is 19.4 Å². The summed E-state index contributed by atoms with van der Waals surface area (Å²) in [6, 6.07) is 65.4. The third kappa shape index (κ3) is 8.54. The molecule has 2 atom stereocenters. The van der Waals surface area contributed by atoms with Crippen LogP contribution in [0.25, 0.3) is 0 Å². The summed E-state index contributed by atoms with van der Waals surface area (Å²) in [5, 5.41) is 17.1. The van der Waals surface area contributed by atoms with Crippen LogP contribution in [0.15, 0.2) is 176 Å². The topological polar surface area (TPSA) is 53.4 Å². The minimum atomic E-state index is -0.375. The van der Waals surface area contributed by atoms with E-state index >= 15 is 0 Å². The molecule has 0 aromatic heterocycles. The van der Waals surface area contributed by atoms with Gasteiger partial charge in [0.25, 0.3) is 0 Å². The Morgan fingerprint density at radius 2 is 0.882 bits per heavy atom. The first kappa shape index (κ1) is 35.9. The molecule has 1 fully saturated rings. The molecule has 51 heavy (non-hydrogen) atoms. The summed E-state index contributed by atoms with van der Waals surface area (Å²) in [5.41, 5.74) is 6.55. The van der Waals surface area contributed by atoms with Gasteiger partial charge in [0.05, 0.1) is 12.2 Å². The van der Waals surface area contributed by atoms with Crippen LogP contribution >= 0.6 is 0 Å². The van der Waals surface area contributed by atoms with Crippen molar-refractivity contribution >= 4 is 52.0 Å². The standard InChI is InChI=1S/C37H29B2N4.C5H12O2.Pt/c1-7-19-32(20-8-1)40-31-41(33-21-9-2-10-22-33)39(43(36-27-15-5-16-28-36)37-29-17-6-18-30-37)38(40)42(34-23-11-3-12-24-34)35-25-13-4-14-26-35;1-4(6)3-5(2)7;/h1-21,23-30H;4-7H,3H2,1-2H3;/q-1;;. The Bertz CT molecular complexity index is 1710. The normalized spacial score (nSPS) is 13.7. The molecule has 0 aliphatic carbocycles. The van der Waals surface area contributed by atoms with E-state index in [2.05, 4.69) is 208 Å². The van der Waals surface area contributed by atoms with Gasteiger partial charge >= 0.3 is 273 Å². The molecule has 1 heterocycles. The van der Waals surface area contributed by atoms with Gasteiger partial charge in [-0.2, -0.15) is 0 Å². The van der Waals surface area contributed by atoms with Gasteiger partial charge in [-0.1, -0.05) is 0 Å². The van der Waals surface area contributed by atoms with Crippen LogP contribution in [-0.4, -0.2) is 40.3 Å². The average Bonchev–Trinajstić information content (AvgIpc) is 3.45. The first-order chi connectivity index (χ1) is 24.9. The van der Waals surface area contributed by atoms with Crippen molar-refractivity contribution in [3.05, 3.63) is 182 Å². The van der Waals surface area contributed by atoms with E-state index in [0.29, 0.717) is 6.42 Å². The summed E-state index contributed by atoms with van der Waals surface area (Å²) < 4.78 is 1.09. The Morgan fingerprint density at radius 1 is 0.529 bits per heavy atom. The monoisotopic (exact) mass is 850 g/mol. The van der Waals surface area contributed by atoms with Gasteiger partial charge in [-0.15, -0.1) is 0 Å². The first-order valence-corrected chi connectivity index (χ1v) is 18.3. The summed E-state index contributed by atoms with van der Waals surface area (Å²) in [6.45, 7) is 2.90. The van der Waals surface area contributed by atoms with Gasteiger partial charge in [0.2, 0.25) is 0 Å². The van der Waals surface area contributed by atoms with E-state index in [4.69, 9.17) is 10.2 Å². The number of anilines is 6. The van der Waals surface area contributed by atoms with Crippen molar-refractivity contribution in [1.29, 1.82) is 0 Å². The number of aliphatic hydroxyl groups is 2. The van der Waals surface area contributed by atoms with Crippen molar-refractivity contribution in [2.75, 3.05) is 19.2 Å². The van der Waals surface area contributed by atoms with Gasteiger partial charge in [-0.05, 0) is 20.3 Å². The summed E-state index contributed by atoms with van der Waals surface area (Å²) >= 11 is 2.51. The molecule has 2 unspecified atom stereocenters. The molecule has 6 nitrogen and oxygen atoms in total. The summed E-state index contributed by atoms with van der Waals surface area (Å²) in [6.07, 6.45) is -0.278. The van der Waals surface area contributed by atoms with Gasteiger partial charge in [0.15, 0.2) is 0 Å². The van der Waals surface area contributed by atoms with E-state index in [1.165, 1.54) is 0 Å². The number of nitrogens with zero attached hydrogens (tertiary/aromatic N) is 4. The van der Waals surface area contributed by atoms with Crippen molar-refractivity contribution in [1.82, 2.24) is 0 Å². The summed E-state index contributed by atoms with van der Waals surface area (Å²) in [5.74, 6) is 0. The van der Waals surface area contributed by atoms with E-state index in [-0.39, 0.29) is 26.0 Å². The van der Waals surface area contributed by atoms with Gasteiger partial charge in [-0.3, -0.25) is 0 Å². The number of benzene rings is 6. The average molecular weight is 851 g/mol. The molecule has 258 valence electrons. The fraction of sp³-hybridized carbons (Fsp3) is 0.119. The molecular weight excluding hydrogens is 809 g/mol. The fourth-order valence-electron chi connectivity index (χ4n) is 6.45. The van der Waals surface area contributed by atoms with E-state index in [1.807, 2.05) is 12.1 Å². The fourth-order valence-corrected chi connectivity index (χ4v) is 7.62. The maximum atomic E-state index is 8.56. The van der Waals surface area contributed by atoms with Crippen LogP contribution in [0.4, 0.5) is 34.1 Å². The maximum absolute atomic E-state index is 8.56. The third-order valence-electron chi connectivity index (χ3n) is 8.50. The van der Waals surface area contributed by atoms with Crippen LogP contribution in [0.3, 0.4) is 0 Å². The van der Waals surface area contributed by atoms with Gasteiger partial charge in [0.1, 0.15) is 0 Å². The molecule has 1 saturated heterocycles. The molecule has 0 saturated carbocycles. The van der Waals surface area contributed by atoms with Crippen LogP contribution in [0.2, 0.25) is 0 Å². The Kier molecular flexibility index (Phi) is 12.2. The molecular formula is C42H41B2N4O2Pt-. The Balaban J connectivity index is 0.000000582. The predicted molar refractivity (Wildman–Crippen MR) is 211 cm³/mol. The number of hydrogen-bond donors (Lipinski definition) is 2. The SMILES string of the molecule is CC(O)CC(C)O.[Pt]=[C]1N(c2[c-]cccc2)B(N(c2ccccc2)c2ccccc2)B(N(c2ccccc2)c2ccccc2)N1c1ccccc1. The van der Waals surface area contributed by atoms with E-state index in [0.717, 1.165) is 38.3 Å². The third-order valence-corrected chi connectivity index (χ3v) is 9.59. The van der Waals surface area contributed by atoms with Gasteiger partial charge in [-0.25, -0.2) is 0 Å². The Labute approximate surface area is 313 Å². The number of aliphatic hydroxyl groups excluding tert-OH is 2. The first-order valence-electron chi connectivity index (χ1n) is 17.2. The minimum absolute atomic E-state index is 0.205. The molecule has 7 rings (SSSR count). The molecule has 6 aromatic carbocycles. The van der Waals surface area contributed by atoms with E-state index in [1.54, 1.807) is 13.8 Å². The quantitative estimate of drug-likeness (QED) is 0.107. The van der Waals surface area contributed by atoms with Crippen LogP contribution < -0.4 is 19.2 Å². The van der Waals surface area contributed by atoms with Crippen LogP contribution in [0.5, 0.6) is 0 Å². The second kappa shape index (κ2) is 17.4. The molecule has 0 amide bonds. The number of hydrogen-bond acceptors (Lipinski definition) is 6. The second-order valence-corrected chi connectivity index (χ2v) is 13.4. The molecule has 0 radical (unpaired) electrons. The number of rotatable bonds is 10. The molecule has 9 heteroatoms. The summed E-state index contributed by atoms with van der Waals surface area (Å²) in [7, 11) is 0. The zero-order valence-electron chi connectivity index (χ0n) is 28.8. The molecule has 0 spiro atoms. The second-order valence-electron chi connectivity index (χ2n) is 12.4. The van der Waals surface area contributed by atoms with Crippen molar-refractivity contribution in [3.8, 4) is 0 Å². The van der Waals surface area contributed by atoms with Crippen LogP contribution in [0, 0.1) is 6.07 Å².